The van der Waals surface area contributed by atoms with Crippen LogP contribution >= 0.6 is 0 Å². The summed E-state index contributed by atoms with van der Waals surface area (Å²) in [5, 5.41) is 3.08. The van der Waals surface area contributed by atoms with Gasteiger partial charge in [-0.3, -0.25) is 9.59 Å². The molecule has 3 unspecified atom stereocenters. The Morgan fingerprint density at radius 1 is 1.17 bits per heavy atom. The second-order valence-electron chi connectivity index (χ2n) is 8.69. The van der Waals surface area contributed by atoms with Crippen LogP contribution < -0.4 is 10.1 Å². The zero-order valence-electron chi connectivity index (χ0n) is 17.6. The van der Waals surface area contributed by atoms with Gasteiger partial charge in [-0.15, -0.1) is 0 Å². The van der Waals surface area contributed by atoms with Crippen LogP contribution in [0, 0.1) is 12.8 Å². The van der Waals surface area contributed by atoms with E-state index in [2.05, 4.69) is 5.32 Å². The Balaban J connectivity index is 1.26. The lowest BCUT2D eigenvalue weighted by molar-refractivity contribution is -0.138. The monoisotopic (exact) mass is 413 g/mol. The van der Waals surface area contributed by atoms with E-state index in [1.807, 2.05) is 31.2 Å². The van der Waals surface area contributed by atoms with Gasteiger partial charge in [0.25, 0.3) is 0 Å². The summed E-state index contributed by atoms with van der Waals surface area (Å²) in [6, 6.07) is 7.89. The highest BCUT2D eigenvalue weighted by Gasteiger charge is 2.41. The molecule has 2 aliphatic carbocycles. The van der Waals surface area contributed by atoms with E-state index in [1.54, 1.807) is 0 Å². The van der Waals surface area contributed by atoms with Gasteiger partial charge >= 0.3 is 0 Å². The van der Waals surface area contributed by atoms with E-state index in [0.29, 0.717) is 24.6 Å². The molecular formula is C24H31NO5. The normalized spacial score (nSPS) is 26.9. The van der Waals surface area contributed by atoms with Crippen molar-refractivity contribution < 1.29 is 23.8 Å². The molecule has 2 saturated carbocycles. The molecule has 6 nitrogen and oxygen atoms in total. The topological polar surface area (TPSA) is 73.9 Å². The van der Waals surface area contributed by atoms with Gasteiger partial charge in [0.2, 0.25) is 17.4 Å². The van der Waals surface area contributed by atoms with Crippen LogP contribution in [0.5, 0.6) is 5.75 Å². The third-order valence-corrected chi connectivity index (χ3v) is 6.31. The van der Waals surface area contributed by atoms with Crippen LogP contribution in [-0.2, 0) is 19.1 Å². The third kappa shape index (κ3) is 5.22. The fraction of sp³-hybridized carbons (Fsp3) is 0.583. The van der Waals surface area contributed by atoms with Crippen molar-refractivity contribution in [1.29, 1.82) is 0 Å². The number of allylic oxidation sites excluding steroid dienone is 1. The van der Waals surface area contributed by atoms with Crippen molar-refractivity contribution >= 4 is 11.7 Å². The Morgan fingerprint density at radius 3 is 2.80 bits per heavy atom. The molecule has 1 aromatic rings. The standard InChI is InChI=1S/C24H31NO5/c1-16-6-5-9-19(12-16)30-22-14-29-21-13-18(10-11-20(21)24(22)27)28-15-23(26)25-17-7-3-2-4-8-17/h5-6,9,12,14,17-18,20-21H,2-4,7-8,10-11,13,15H2,1H3,(H,25,26). The Bertz CT molecular complexity index is 799. The molecule has 1 amide bonds. The van der Waals surface area contributed by atoms with Gasteiger partial charge in [-0.05, 0) is 50.3 Å². The van der Waals surface area contributed by atoms with Crippen molar-refractivity contribution in [1.82, 2.24) is 5.32 Å². The van der Waals surface area contributed by atoms with Crippen molar-refractivity contribution in [3.63, 3.8) is 0 Å². The number of fused-ring (bicyclic) bond motifs is 1. The van der Waals surface area contributed by atoms with E-state index in [1.165, 1.54) is 25.5 Å². The molecule has 2 fully saturated rings. The number of carbonyl (C=O) groups is 2. The zero-order chi connectivity index (χ0) is 20.9. The summed E-state index contributed by atoms with van der Waals surface area (Å²) in [5.41, 5.74) is 1.07. The number of hydrogen-bond donors (Lipinski definition) is 1. The van der Waals surface area contributed by atoms with E-state index < -0.39 is 0 Å². The molecule has 0 saturated heterocycles. The molecular weight excluding hydrogens is 382 g/mol. The summed E-state index contributed by atoms with van der Waals surface area (Å²) in [6.45, 7) is 2.05. The molecule has 0 bridgehead atoms. The fourth-order valence-corrected chi connectivity index (χ4v) is 4.67. The number of aryl methyl sites for hydroxylation is 1. The van der Waals surface area contributed by atoms with E-state index >= 15 is 0 Å². The number of ketones is 1. The van der Waals surface area contributed by atoms with Gasteiger partial charge in [-0.25, -0.2) is 0 Å². The average molecular weight is 414 g/mol. The van der Waals surface area contributed by atoms with Crippen LogP contribution in [0.4, 0.5) is 0 Å². The van der Waals surface area contributed by atoms with Crippen LogP contribution in [0.15, 0.2) is 36.3 Å². The first-order valence-corrected chi connectivity index (χ1v) is 11.1. The number of Topliss-reactive ketones (excluding diaryl/α,β-unsaturated/α-hetero) is 1. The first kappa shape index (κ1) is 20.9. The van der Waals surface area contributed by atoms with E-state index in [4.69, 9.17) is 14.2 Å². The van der Waals surface area contributed by atoms with Gasteiger partial charge < -0.3 is 19.5 Å². The summed E-state index contributed by atoms with van der Waals surface area (Å²) in [7, 11) is 0. The molecule has 0 radical (unpaired) electrons. The largest absolute Gasteiger partial charge is 0.493 e. The van der Waals surface area contributed by atoms with Crippen LogP contribution in [0.3, 0.4) is 0 Å². The Kier molecular flexibility index (Phi) is 6.72. The average Bonchev–Trinajstić information content (AvgIpc) is 2.75. The van der Waals surface area contributed by atoms with Crippen molar-refractivity contribution in [2.75, 3.05) is 6.61 Å². The number of rotatable bonds is 6. The number of ether oxygens (including phenoxy) is 3. The molecule has 1 aromatic carbocycles. The third-order valence-electron chi connectivity index (χ3n) is 6.31. The first-order valence-electron chi connectivity index (χ1n) is 11.1. The number of nitrogens with one attached hydrogen (secondary N) is 1. The molecule has 1 heterocycles. The quantitative estimate of drug-likeness (QED) is 0.768. The maximum atomic E-state index is 12.9. The van der Waals surface area contributed by atoms with Crippen molar-refractivity contribution in [3.8, 4) is 5.75 Å². The minimum Gasteiger partial charge on any atom is -0.493 e. The lowest BCUT2D eigenvalue weighted by Gasteiger charge is -2.37. The van der Waals surface area contributed by atoms with Gasteiger partial charge in [-0.1, -0.05) is 31.4 Å². The minimum atomic E-state index is -0.220. The molecule has 0 aromatic heterocycles. The second-order valence-corrected chi connectivity index (χ2v) is 8.69. The number of benzene rings is 1. The zero-order valence-corrected chi connectivity index (χ0v) is 17.6. The highest BCUT2D eigenvalue weighted by atomic mass is 16.5. The number of carbonyl (C=O) groups excluding carboxylic acids is 2. The van der Waals surface area contributed by atoms with Crippen molar-refractivity contribution in [2.45, 2.75) is 76.5 Å². The fourth-order valence-electron chi connectivity index (χ4n) is 4.67. The first-order chi connectivity index (χ1) is 14.6. The van der Waals surface area contributed by atoms with Crippen molar-refractivity contribution in [3.05, 3.63) is 41.9 Å². The van der Waals surface area contributed by atoms with E-state index in [-0.39, 0.29) is 42.2 Å². The minimum absolute atomic E-state index is 0.0127. The summed E-state index contributed by atoms with van der Waals surface area (Å²) < 4.78 is 17.5. The SMILES string of the molecule is Cc1cccc(OC2=COC3CC(OCC(=O)NC4CCCCC4)CCC3C2=O)c1. The van der Waals surface area contributed by atoms with Crippen molar-refractivity contribution in [2.24, 2.45) is 5.92 Å². The summed E-state index contributed by atoms with van der Waals surface area (Å²) in [4.78, 5) is 25.0. The van der Waals surface area contributed by atoms with Gasteiger partial charge in [0.15, 0.2) is 0 Å². The molecule has 3 atom stereocenters. The smallest absolute Gasteiger partial charge is 0.246 e. The van der Waals surface area contributed by atoms with Crippen LogP contribution in [0.1, 0.15) is 56.9 Å². The Hall–Kier alpha value is -2.34. The summed E-state index contributed by atoms with van der Waals surface area (Å²) in [6.07, 6.45) is 8.94. The molecule has 4 rings (SSSR count). The maximum Gasteiger partial charge on any atom is 0.246 e. The predicted octanol–water partition coefficient (Wildman–Crippen LogP) is 3.82. The highest BCUT2D eigenvalue weighted by Crippen LogP contribution is 2.35. The lowest BCUT2D eigenvalue weighted by atomic mass is 9.80. The van der Waals surface area contributed by atoms with Crippen LogP contribution in [-0.4, -0.2) is 36.5 Å². The van der Waals surface area contributed by atoms with Gasteiger partial charge in [0.1, 0.15) is 24.7 Å². The Morgan fingerprint density at radius 2 is 2.00 bits per heavy atom. The molecule has 30 heavy (non-hydrogen) atoms. The highest BCUT2D eigenvalue weighted by molar-refractivity contribution is 5.96. The molecule has 3 aliphatic rings. The maximum absolute atomic E-state index is 12.9. The van der Waals surface area contributed by atoms with Crippen LogP contribution in [0.25, 0.3) is 0 Å². The van der Waals surface area contributed by atoms with Gasteiger partial charge in [-0.2, -0.15) is 0 Å². The lowest BCUT2D eigenvalue weighted by Crippen LogP contribution is -2.44. The summed E-state index contributed by atoms with van der Waals surface area (Å²) >= 11 is 0. The van der Waals surface area contributed by atoms with E-state index in [0.717, 1.165) is 24.8 Å². The van der Waals surface area contributed by atoms with Gasteiger partial charge in [0, 0.05) is 12.5 Å². The second kappa shape index (κ2) is 9.65. The molecule has 0 spiro atoms. The Labute approximate surface area is 178 Å². The summed E-state index contributed by atoms with van der Waals surface area (Å²) in [5.74, 6) is 0.621. The predicted molar refractivity (Wildman–Crippen MR) is 112 cm³/mol. The molecule has 1 aliphatic heterocycles. The van der Waals surface area contributed by atoms with Gasteiger partial charge in [0.05, 0.1) is 12.0 Å². The number of amides is 1. The number of hydrogen-bond acceptors (Lipinski definition) is 5. The van der Waals surface area contributed by atoms with E-state index in [9.17, 15) is 9.59 Å². The molecule has 6 heteroatoms. The molecule has 162 valence electrons. The molecule has 1 N–H and O–H groups in total. The van der Waals surface area contributed by atoms with Crippen LogP contribution in [0.2, 0.25) is 0 Å².